The lowest BCUT2D eigenvalue weighted by Gasteiger charge is -2.18. The molecule has 126 valence electrons. The first kappa shape index (κ1) is 17.6. The highest BCUT2D eigenvalue weighted by Gasteiger charge is 2.11. The predicted octanol–water partition coefficient (Wildman–Crippen LogP) is 3.79. The van der Waals surface area contributed by atoms with Gasteiger partial charge in [0.2, 0.25) is 0 Å². The Balaban J connectivity index is 1.98. The number of rotatable bonds is 5. The summed E-state index contributed by atoms with van der Waals surface area (Å²) < 4.78 is 18.6. The molecule has 0 saturated carbocycles. The summed E-state index contributed by atoms with van der Waals surface area (Å²) in [6, 6.07) is 10.3. The maximum absolute atomic E-state index is 13.7. The molecule has 24 heavy (non-hydrogen) atoms. The SMILES string of the molecule is COc1ccc([C@H](C)NC(=S)Nc2ccc([N+](=O)[O-])cc2)cc1F. The van der Waals surface area contributed by atoms with E-state index in [1.54, 1.807) is 24.3 Å². The van der Waals surface area contributed by atoms with Crippen molar-refractivity contribution in [3.63, 3.8) is 0 Å². The highest BCUT2D eigenvalue weighted by atomic mass is 32.1. The van der Waals surface area contributed by atoms with Crippen LogP contribution in [0.5, 0.6) is 5.75 Å². The minimum atomic E-state index is -0.472. The summed E-state index contributed by atoms with van der Waals surface area (Å²) in [4.78, 5) is 10.1. The molecule has 0 bridgehead atoms. The predicted molar refractivity (Wildman–Crippen MR) is 93.8 cm³/mol. The lowest BCUT2D eigenvalue weighted by atomic mass is 10.1. The standard InChI is InChI=1S/C16H16FN3O3S/c1-10(11-3-8-15(23-2)14(17)9-11)18-16(24)19-12-4-6-13(7-5-12)20(21)22/h3-10H,1-2H3,(H2,18,19,24)/t10-/m0/s1. The molecule has 6 nitrogen and oxygen atoms in total. The fourth-order valence-corrected chi connectivity index (χ4v) is 2.36. The second kappa shape index (κ2) is 7.69. The molecule has 0 aromatic heterocycles. The Morgan fingerprint density at radius 2 is 1.96 bits per heavy atom. The van der Waals surface area contributed by atoms with Crippen LogP contribution in [0.3, 0.4) is 0 Å². The first-order valence-electron chi connectivity index (χ1n) is 7.06. The minimum Gasteiger partial charge on any atom is -0.494 e. The molecule has 0 amide bonds. The fraction of sp³-hybridized carbons (Fsp3) is 0.188. The van der Waals surface area contributed by atoms with Crippen LogP contribution in [-0.4, -0.2) is 17.1 Å². The Labute approximate surface area is 143 Å². The third kappa shape index (κ3) is 4.39. The molecule has 0 radical (unpaired) electrons. The van der Waals surface area contributed by atoms with Crippen LogP contribution in [0, 0.1) is 15.9 Å². The Bertz CT molecular complexity index is 753. The van der Waals surface area contributed by atoms with E-state index in [0.717, 1.165) is 0 Å². The van der Waals surface area contributed by atoms with E-state index in [-0.39, 0.29) is 17.5 Å². The van der Waals surface area contributed by atoms with E-state index in [2.05, 4.69) is 10.6 Å². The maximum atomic E-state index is 13.7. The molecule has 2 rings (SSSR count). The second-order valence-corrected chi connectivity index (χ2v) is 5.43. The van der Waals surface area contributed by atoms with Gasteiger partial charge in [0.25, 0.3) is 5.69 Å². The van der Waals surface area contributed by atoms with Crippen molar-refractivity contribution in [2.45, 2.75) is 13.0 Å². The van der Waals surface area contributed by atoms with Crippen LogP contribution >= 0.6 is 12.2 Å². The molecule has 0 saturated heterocycles. The van der Waals surface area contributed by atoms with E-state index in [0.29, 0.717) is 16.4 Å². The highest BCUT2D eigenvalue weighted by Crippen LogP contribution is 2.22. The van der Waals surface area contributed by atoms with Crippen molar-refractivity contribution in [1.29, 1.82) is 0 Å². The molecule has 0 aliphatic heterocycles. The number of anilines is 1. The molecule has 0 aliphatic rings. The molecular formula is C16H16FN3O3S. The number of hydrogen-bond acceptors (Lipinski definition) is 4. The molecule has 0 spiro atoms. The largest absolute Gasteiger partial charge is 0.494 e. The average molecular weight is 349 g/mol. The second-order valence-electron chi connectivity index (χ2n) is 5.02. The quantitative estimate of drug-likeness (QED) is 0.486. The summed E-state index contributed by atoms with van der Waals surface area (Å²) in [6.07, 6.45) is 0. The Kier molecular flexibility index (Phi) is 5.64. The van der Waals surface area contributed by atoms with Gasteiger partial charge >= 0.3 is 0 Å². The average Bonchev–Trinajstić information content (AvgIpc) is 2.55. The number of ether oxygens (including phenoxy) is 1. The van der Waals surface area contributed by atoms with Gasteiger partial charge in [0, 0.05) is 17.8 Å². The minimum absolute atomic E-state index is 0.00139. The van der Waals surface area contributed by atoms with Gasteiger partial charge in [-0.05, 0) is 49.0 Å². The van der Waals surface area contributed by atoms with Crippen molar-refractivity contribution in [2.75, 3.05) is 12.4 Å². The maximum Gasteiger partial charge on any atom is 0.269 e. The van der Waals surface area contributed by atoms with Crippen LogP contribution < -0.4 is 15.4 Å². The van der Waals surface area contributed by atoms with Gasteiger partial charge in [0.05, 0.1) is 18.1 Å². The number of thiocarbonyl (C=S) groups is 1. The zero-order valence-electron chi connectivity index (χ0n) is 13.1. The van der Waals surface area contributed by atoms with E-state index >= 15 is 0 Å². The molecule has 2 aromatic rings. The normalized spacial score (nSPS) is 11.5. The summed E-state index contributed by atoms with van der Waals surface area (Å²) >= 11 is 5.20. The van der Waals surface area contributed by atoms with Gasteiger partial charge in [-0.3, -0.25) is 10.1 Å². The van der Waals surface area contributed by atoms with Gasteiger partial charge in [-0.2, -0.15) is 0 Å². The lowest BCUT2D eigenvalue weighted by molar-refractivity contribution is -0.384. The van der Waals surface area contributed by atoms with Gasteiger partial charge in [-0.1, -0.05) is 6.07 Å². The molecule has 0 heterocycles. The number of methoxy groups -OCH3 is 1. The van der Waals surface area contributed by atoms with Crippen molar-refractivity contribution in [3.05, 3.63) is 64.0 Å². The summed E-state index contributed by atoms with van der Waals surface area (Å²) in [6.45, 7) is 1.84. The Morgan fingerprint density at radius 1 is 1.29 bits per heavy atom. The number of nitrogens with one attached hydrogen (secondary N) is 2. The molecule has 1 atom stereocenters. The van der Waals surface area contributed by atoms with Crippen molar-refractivity contribution >= 4 is 28.7 Å². The van der Waals surface area contributed by atoms with E-state index in [4.69, 9.17) is 17.0 Å². The van der Waals surface area contributed by atoms with Crippen molar-refractivity contribution in [3.8, 4) is 5.75 Å². The third-order valence-electron chi connectivity index (χ3n) is 3.36. The summed E-state index contributed by atoms with van der Waals surface area (Å²) in [5, 5.41) is 16.9. The molecular weight excluding hydrogens is 333 g/mol. The zero-order valence-corrected chi connectivity index (χ0v) is 13.9. The Hall–Kier alpha value is -2.74. The van der Waals surface area contributed by atoms with E-state index in [9.17, 15) is 14.5 Å². The van der Waals surface area contributed by atoms with Crippen LogP contribution in [0.2, 0.25) is 0 Å². The van der Waals surface area contributed by atoms with E-state index < -0.39 is 10.7 Å². The van der Waals surface area contributed by atoms with Gasteiger partial charge in [-0.15, -0.1) is 0 Å². The monoisotopic (exact) mass is 349 g/mol. The van der Waals surface area contributed by atoms with Crippen LogP contribution in [-0.2, 0) is 0 Å². The third-order valence-corrected chi connectivity index (χ3v) is 3.58. The van der Waals surface area contributed by atoms with Crippen LogP contribution in [0.25, 0.3) is 0 Å². The lowest BCUT2D eigenvalue weighted by Crippen LogP contribution is -2.30. The van der Waals surface area contributed by atoms with E-state index in [1.165, 1.54) is 25.3 Å². The smallest absolute Gasteiger partial charge is 0.269 e. The number of nitrogens with zero attached hydrogens (tertiary/aromatic N) is 1. The summed E-state index contributed by atoms with van der Waals surface area (Å²) in [5.41, 5.74) is 1.33. The Morgan fingerprint density at radius 3 is 2.50 bits per heavy atom. The van der Waals surface area contributed by atoms with Gasteiger partial charge < -0.3 is 15.4 Å². The van der Waals surface area contributed by atoms with E-state index in [1.807, 2.05) is 6.92 Å². The number of nitro groups is 1. The first-order valence-corrected chi connectivity index (χ1v) is 7.47. The molecule has 2 N–H and O–H groups in total. The number of halogens is 1. The molecule has 0 fully saturated rings. The number of benzene rings is 2. The van der Waals surface area contributed by atoms with Crippen LogP contribution in [0.15, 0.2) is 42.5 Å². The molecule has 8 heteroatoms. The number of nitro benzene ring substituents is 1. The summed E-state index contributed by atoms with van der Waals surface area (Å²) in [7, 11) is 1.41. The highest BCUT2D eigenvalue weighted by molar-refractivity contribution is 7.80. The number of hydrogen-bond donors (Lipinski definition) is 2. The van der Waals surface area contributed by atoms with Crippen molar-refractivity contribution in [1.82, 2.24) is 5.32 Å². The molecule has 0 aliphatic carbocycles. The summed E-state index contributed by atoms with van der Waals surface area (Å²) in [5.74, 6) is -0.268. The molecule has 2 aromatic carbocycles. The number of non-ortho nitro benzene ring substituents is 1. The topological polar surface area (TPSA) is 76.4 Å². The van der Waals surface area contributed by atoms with Gasteiger partial charge in [-0.25, -0.2) is 4.39 Å². The van der Waals surface area contributed by atoms with Crippen LogP contribution in [0.1, 0.15) is 18.5 Å². The van der Waals surface area contributed by atoms with Gasteiger partial charge in [0.15, 0.2) is 16.7 Å². The fourth-order valence-electron chi connectivity index (χ4n) is 2.07. The zero-order chi connectivity index (χ0) is 17.7. The molecule has 0 unspecified atom stereocenters. The van der Waals surface area contributed by atoms with Crippen LogP contribution in [0.4, 0.5) is 15.8 Å². The van der Waals surface area contributed by atoms with Crippen molar-refractivity contribution in [2.24, 2.45) is 0 Å². The van der Waals surface area contributed by atoms with Crippen molar-refractivity contribution < 1.29 is 14.1 Å². The van der Waals surface area contributed by atoms with Gasteiger partial charge in [0.1, 0.15) is 0 Å². The first-order chi connectivity index (χ1) is 11.4.